The second-order valence-electron chi connectivity index (χ2n) is 4.91. The van der Waals surface area contributed by atoms with Crippen molar-refractivity contribution in [1.82, 2.24) is 20.6 Å². The van der Waals surface area contributed by atoms with Crippen molar-refractivity contribution >= 4 is 29.1 Å². The van der Waals surface area contributed by atoms with Gasteiger partial charge in [-0.3, -0.25) is 4.68 Å². The van der Waals surface area contributed by atoms with Crippen molar-refractivity contribution in [3.8, 4) is 0 Å². The van der Waals surface area contributed by atoms with Crippen LogP contribution in [0.5, 0.6) is 0 Å². The number of hydrazine groups is 1. The van der Waals surface area contributed by atoms with Crippen LogP contribution in [0.25, 0.3) is 0 Å². The maximum absolute atomic E-state index is 5.98. The second-order valence-corrected chi connectivity index (χ2v) is 5.29. The van der Waals surface area contributed by atoms with Gasteiger partial charge in [-0.05, 0) is 12.8 Å². The fourth-order valence-corrected chi connectivity index (χ4v) is 2.45. The molecule has 1 saturated carbocycles. The number of hydrogen-bond acceptors (Lipinski definition) is 7. The highest BCUT2D eigenvalue weighted by molar-refractivity contribution is 6.32. The summed E-state index contributed by atoms with van der Waals surface area (Å²) in [6.07, 6.45) is 5.77. The van der Waals surface area contributed by atoms with Crippen molar-refractivity contribution in [3.05, 3.63) is 23.1 Å². The zero-order chi connectivity index (χ0) is 13.7. The van der Waals surface area contributed by atoms with E-state index < -0.39 is 0 Å². The van der Waals surface area contributed by atoms with Crippen molar-refractivity contribution in [1.29, 1.82) is 0 Å². The summed E-state index contributed by atoms with van der Waals surface area (Å²) in [5.41, 5.74) is 13.1. The molecule has 20 heavy (non-hydrogen) atoms. The number of anilines is 1. The number of nitrogens with zero attached hydrogens (tertiary/aromatic N) is 4. The van der Waals surface area contributed by atoms with E-state index in [9.17, 15) is 0 Å². The van der Waals surface area contributed by atoms with E-state index in [1.54, 1.807) is 6.20 Å². The first-order valence-corrected chi connectivity index (χ1v) is 6.73. The van der Waals surface area contributed by atoms with E-state index in [2.05, 4.69) is 31.3 Å². The molecule has 1 aromatic rings. The number of aliphatic imine (C=N–C) groups is 2. The third-order valence-corrected chi connectivity index (χ3v) is 3.66. The fraction of sp³-hybridized carbons (Fsp3) is 0.364. The molecule has 0 saturated heterocycles. The zero-order valence-electron chi connectivity index (χ0n) is 10.5. The highest BCUT2D eigenvalue weighted by Gasteiger charge is 2.30. The Kier molecular flexibility index (Phi) is 2.48. The molecule has 1 fully saturated rings. The number of guanidine groups is 1. The van der Waals surface area contributed by atoms with Gasteiger partial charge in [-0.2, -0.15) is 10.1 Å². The van der Waals surface area contributed by atoms with Gasteiger partial charge < -0.3 is 16.5 Å². The lowest BCUT2D eigenvalue weighted by atomic mass is 10.2. The SMILES string of the molecule is NC1=NC(Nc2cnn(C3CC3)c2)=NC2NNC(Cl)=C12. The molecule has 0 radical (unpaired) electrons. The van der Waals surface area contributed by atoms with Crippen LogP contribution >= 0.6 is 11.6 Å². The van der Waals surface area contributed by atoms with Crippen LogP contribution in [0.4, 0.5) is 5.69 Å². The lowest BCUT2D eigenvalue weighted by molar-refractivity contribution is 0.592. The predicted molar refractivity (Wildman–Crippen MR) is 76.1 cm³/mol. The summed E-state index contributed by atoms with van der Waals surface area (Å²) in [6, 6.07) is 0.543. The van der Waals surface area contributed by atoms with Gasteiger partial charge in [0.1, 0.15) is 11.0 Å². The molecule has 104 valence electrons. The lowest BCUT2D eigenvalue weighted by Crippen LogP contribution is -2.38. The lowest BCUT2D eigenvalue weighted by Gasteiger charge is -2.16. The number of hydrogen-bond donors (Lipinski definition) is 4. The van der Waals surface area contributed by atoms with Crippen LogP contribution in [0.3, 0.4) is 0 Å². The zero-order valence-corrected chi connectivity index (χ0v) is 11.2. The summed E-state index contributed by atoms with van der Waals surface area (Å²) in [4.78, 5) is 8.61. The Morgan fingerprint density at radius 3 is 3.10 bits per heavy atom. The molecule has 1 atom stereocenters. The molecule has 3 aliphatic rings. The van der Waals surface area contributed by atoms with Gasteiger partial charge in [-0.25, -0.2) is 10.4 Å². The van der Waals surface area contributed by atoms with Crippen molar-refractivity contribution < 1.29 is 0 Å². The molecule has 9 heteroatoms. The van der Waals surface area contributed by atoms with Crippen LogP contribution in [0.15, 0.2) is 33.1 Å². The fourth-order valence-electron chi connectivity index (χ4n) is 2.20. The molecule has 1 aromatic heterocycles. The quantitative estimate of drug-likeness (QED) is 0.585. The minimum Gasteiger partial charge on any atom is -0.383 e. The average Bonchev–Trinajstić information content (AvgIpc) is 3.05. The second kappa shape index (κ2) is 4.22. The van der Waals surface area contributed by atoms with E-state index in [0.717, 1.165) is 5.69 Å². The summed E-state index contributed by atoms with van der Waals surface area (Å²) in [5.74, 6) is 0.789. The molecule has 5 N–H and O–H groups in total. The third-order valence-electron chi connectivity index (χ3n) is 3.36. The van der Waals surface area contributed by atoms with Crippen molar-refractivity contribution in [3.63, 3.8) is 0 Å². The van der Waals surface area contributed by atoms with E-state index in [4.69, 9.17) is 17.3 Å². The van der Waals surface area contributed by atoms with Gasteiger partial charge in [-0.15, -0.1) is 0 Å². The number of halogens is 1. The maximum Gasteiger partial charge on any atom is 0.226 e. The smallest absolute Gasteiger partial charge is 0.226 e. The summed E-state index contributed by atoms with van der Waals surface area (Å²) in [5, 5.41) is 7.84. The Bertz CT molecular complexity index is 653. The largest absolute Gasteiger partial charge is 0.383 e. The Morgan fingerprint density at radius 1 is 1.45 bits per heavy atom. The number of nitrogens with one attached hydrogen (secondary N) is 3. The molecule has 4 rings (SSSR count). The van der Waals surface area contributed by atoms with Crippen LogP contribution in [-0.2, 0) is 0 Å². The van der Waals surface area contributed by atoms with E-state index in [0.29, 0.717) is 28.6 Å². The topological polar surface area (TPSA) is 105 Å². The molecular formula is C11H13ClN8. The standard InChI is InChI=1S/C11H13ClN8/c12-8-7-9(13)16-11(17-10(7)19-18-8)15-5-3-14-20(4-5)6-1-2-6/h3-4,6,10,18-19H,1-2H2,(H3,13,15,16,17). The Balaban J connectivity index is 1.55. The van der Waals surface area contributed by atoms with Gasteiger partial charge in [-0.1, -0.05) is 11.6 Å². The maximum atomic E-state index is 5.98. The molecule has 3 heterocycles. The third kappa shape index (κ3) is 1.93. The van der Waals surface area contributed by atoms with Gasteiger partial charge in [0.15, 0.2) is 6.17 Å². The molecule has 1 aliphatic carbocycles. The minimum absolute atomic E-state index is 0.319. The molecular weight excluding hydrogens is 280 g/mol. The Labute approximate surface area is 119 Å². The number of amidine groups is 1. The van der Waals surface area contributed by atoms with Crippen molar-refractivity contribution in [2.75, 3.05) is 5.32 Å². The summed E-state index contributed by atoms with van der Waals surface area (Å²) < 4.78 is 1.95. The first kappa shape index (κ1) is 11.7. The number of fused-ring (bicyclic) bond motifs is 1. The van der Waals surface area contributed by atoms with Gasteiger partial charge >= 0.3 is 0 Å². The first-order chi connectivity index (χ1) is 9.70. The van der Waals surface area contributed by atoms with Crippen LogP contribution in [0.2, 0.25) is 0 Å². The first-order valence-electron chi connectivity index (χ1n) is 6.35. The summed E-state index contributed by atoms with van der Waals surface area (Å²) >= 11 is 5.98. The molecule has 2 aliphatic heterocycles. The number of nitrogens with two attached hydrogens (primary N) is 1. The summed E-state index contributed by atoms with van der Waals surface area (Å²) in [6.45, 7) is 0. The van der Waals surface area contributed by atoms with Crippen molar-refractivity contribution in [2.24, 2.45) is 15.7 Å². The van der Waals surface area contributed by atoms with Gasteiger partial charge in [0, 0.05) is 6.20 Å². The van der Waals surface area contributed by atoms with Crippen LogP contribution in [0.1, 0.15) is 18.9 Å². The highest BCUT2D eigenvalue weighted by Crippen LogP contribution is 2.34. The highest BCUT2D eigenvalue weighted by atomic mass is 35.5. The number of aromatic nitrogens is 2. The molecule has 0 amide bonds. The predicted octanol–water partition coefficient (Wildman–Crippen LogP) is 0.241. The number of rotatable bonds is 2. The Hall–Kier alpha value is -2.06. The molecule has 0 bridgehead atoms. The van der Waals surface area contributed by atoms with Crippen LogP contribution < -0.4 is 21.9 Å². The van der Waals surface area contributed by atoms with Gasteiger partial charge in [0.25, 0.3) is 0 Å². The molecule has 8 nitrogen and oxygen atoms in total. The summed E-state index contributed by atoms with van der Waals surface area (Å²) in [7, 11) is 0. The molecule has 0 aromatic carbocycles. The monoisotopic (exact) mass is 292 g/mol. The average molecular weight is 293 g/mol. The van der Waals surface area contributed by atoms with E-state index in [-0.39, 0.29) is 6.17 Å². The van der Waals surface area contributed by atoms with Gasteiger partial charge in [0.2, 0.25) is 5.96 Å². The van der Waals surface area contributed by atoms with Crippen LogP contribution in [0, 0.1) is 0 Å². The van der Waals surface area contributed by atoms with E-state index in [1.165, 1.54) is 12.8 Å². The molecule has 0 spiro atoms. The normalized spacial score (nSPS) is 24.9. The van der Waals surface area contributed by atoms with Crippen molar-refractivity contribution in [2.45, 2.75) is 25.0 Å². The van der Waals surface area contributed by atoms with E-state index >= 15 is 0 Å². The van der Waals surface area contributed by atoms with Crippen LogP contribution in [-0.4, -0.2) is 27.7 Å². The van der Waals surface area contributed by atoms with Gasteiger partial charge in [0.05, 0.1) is 23.5 Å². The van der Waals surface area contributed by atoms with E-state index in [1.807, 2.05) is 10.9 Å². The minimum atomic E-state index is -0.319. The Morgan fingerprint density at radius 2 is 2.30 bits per heavy atom. The molecule has 1 unspecified atom stereocenters.